The summed E-state index contributed by atoms with van der Waals surface area (Å²) in [4.78, 5) is 19.0. The molecule has 0 bridgehead atoms. The van der Waals surface area contributed by atoms with E-state index in [0.29, 0.717) is 0 Å². The van der Waals surface area contributed by atoms with Gasteiger partial charge in [0.05, 0.1) is 0 Å². The second-order valence-electron chi connectivity index (χ2n) is 4.37. The number of nitrogens with zero attached hydrogens (tertiary/aromatic N) is 3. The Hall–Kier alpha value is -1.62. The number of anilines is 1. The van der Waals surface area contributed by atoms with E-state index < -0.39 is 0 Å². The minimum absolute atomic E-state index is 0.0171. The first-order valence-corrected chi connectivity index (χ1v) is 5.86. The molecule has 1 amide bonds. The van der Waals surface area contributed by atoms with Gasteiger partial charge in [0, 0.05) is 38.4 Å². The summed E-state index contributed by atoms with van der Waals surface area (Å²) >= 11 is 0. The van der Waals surface area contributed by atoms with Gasteiger partial charge in [-0.2, -0.15) is 0 Å². The van der Waals surface area contributed by atoms with E-state index in [4.69, 9.17) is 5.73 Å². The van der Waals surface area contributed by atoms with E-state index in [1.165, 1.54) is 0 Å². The Bertz CT molecular complexity index is 369. The van der Waals surface area contributed by atoms with Crippen LogP contribution in [0.3, 0.4) is 0 Å². The number of aromatic nitrogens is 1. The van der Waals surface area contributed by atoms with Crippen LogP contribution in [0.4, 0.5) is 5.82 Å². The lowest BCUT2D eigenvalue weighted by molar-refractivity contribution is -0.118. The smallest absolute Gasteiger partial charge is 0.209 e. The van der Waals surface area contributed by atoms with Gasteiger partial charge in [-0.05, 0) is 18.6 Å². The zero-order chi connectivity index (χ0) is 12.3. The summed E-state index contributed by atoms with van der Waals surface area (Å²) in [6, 6.07) is 4.03. The molecule has 17 heavy (non-hydrogen) atoms. The molecule has 1 aliphatic rings. The molecule has 5 nitrogen and oxygen atoms in total. The number of hydrogen-bond donors (Lipinski definition) is 1. The minimum atomic E-state index is 0.0171. The Morgan fingerprint density at radius 2 is 2.06 bits per heavy atom. The third kappa shape index (κ3) is 2.74. The molecule has 2 N–H and O–H groups in total. The second-order valence-corrected chi connectivity index (χ2v) is 4.37. The van der Waals surface area contributed by atoms with Crippen LogP contribution in [-0.2, 0) is 4.79 Å². The molecule has 1 fully saturated rings. The molecule has 0 aliphatic carbocycles. The van der Waals surface area contributed by atoms with Gasteiger partial charge in [0.1, 0.15) is 5.82 Å². The SMILES string of the molecule is C[C@H](N)c1ccc(N2CCN(C=O)CC2)nc1. The van der Waals surface area contributed by atoms with Crippen LogP contribution in [0, 0.1) is 0 Å². The standard InChI is InChI=1S/C12H18N4O/c1-10(13)11-2-3-12(14-8-11)16-6-4-15(9-17)5-7-16/h2-3,8-10H,4-7,13H2,1H3/t10-/m0/s1. The van der Waals surface area contributed by atoms with Gasteiger partial charge in [-0.25, -0.2) is 4.98 Å². The van der Waals surface area contributed by atoms with Gasteiger partial charge in [-0.15, -0.1) is 0 Å². The van der Waals surface area contributed by atoms with Crippen molar-refractivity contribution in [1.29, 1.82) is 0 Å². The Morgan fingerprint density at radius 1 is 1.35 bits per heavy atom. The number of piperazine rings is 1. The highest BCUT2D eigenvalue weighted by molar-refractivity contribution is 5.49. The fraction of sp³-hybridized carbons (Fsp3) is 0.500. The lowest BCUT2D eigenvalue weighted by Crippen LogP contribution is -2.46. The first-order valence-electron chi connectivity index (χ1n) is 5.86. The van der Waals surface area contributed by atoms with Crippen molar-refractivity contribution in [1.82, 2.24) is 9.88 Å². The van der Waals surface area contributed by atoms with Crippen molar-refractivity contribution in [2.24, 2.45) is 5.73 Å². The molecular weight excluding hydrogens is 216 g/mol. The largest absolute Gasteiger partial charge is 0.353 e. The van der Waals surface area contributed by atoms with E-state index in [9.17, 15) is 4.79 Å². The Labute approximate surface area is 101 Å². The van der Waals surface area contributed by atoms with Crippen LogP contribution >= 0.6 is 0 Å². The first-order chi connectivity index (χ1) is 8.20. The average Bonchev–Trinajstić information content (AvgIpc) is 2.39. The summed E-state index contributed by atoms with van der Waals surface area (Å²) in [6.07, 6.45) is 2.73. The van der Waals surface area contributed by atoms with Crippen molar-refractivity contribution < 1.29 is 4.79 Å². The lowest BCUT2D eigenvalue weighted by atomic mass is 10.1. The Kier molecular flexibility index (Phi) is 3.58. The molecule has 0 radical (unpaired) electrons. The van der Waals surface area contributed by atoms with Gasteiger partial charge >= 0.3 is 0 Å². The van der Waals surface area contributed by atoms with Crippen molar-refractivity contribution in [2.45, 2.75) is 13.0 Å². The molecule has 5 heteroatoms. The van der Waals surface area contributed by atoms with Crippen LogP contribution in [0.1, 0.15) is 18.5 Å². The normalized spacial score (nSPS) is 18.0. The van der Waals surface area contributed by atoms with Crippen LogP contribution in [0.2, 0.25) is 0 Å². The van der Waals surface area contributed by atoms with Crippen molar-refractivity contribution in [2.75, 3.05) is 31.1 Å². The number of nitrogens with two attached hydrogens (primary N) is 1. The highest BCUT2D eigenvalue weighted by atomic mass is 16.1. The van der Waals surface area contributed by atoms with E-state index in [2.05, 4.69) is 9.88 Å². The van der Waals surface area contributed by atoms with Crippen LogP contribution in [0.25, 0.3) is 0 Å². The molecule has 2 rings (SSSR count). The van der Waals surface area contributed by atoms with E-state index in [1.54, 1.807) is 4.90 Å². The molecule has 1 aromatic rings. The molecule has 2 heterocycles. The van der Waals surface area contributed by atoms with Crippen LogP contribution in [-0.4, -0.2) is 42.5 Å². The second kappa shape index (κ2) is 5.14. The van der Waals surface area contributed by atoms with Crippen LogP contribution < -0.4 is 10.6 Å². The quantitative estimate of drug-likeness (QED) is 0.768. The maximum absolute atomic E-state index is 10.6. The monoisotopic (exact) mass is 234 g/mol. The van der Waals surface area contributed by atoms with E-state index in [-0.39, 0.29) is 6.04 Å². The molecule has 92 valence electrons. The van der Waals surface area contributed by atoms with Crippen LogP contribution in [0.15, 0.2) is 18.3 Å². The van der Waals surface area contributed by atoms with Crippen molar-refractivity contribution >= 4 is 12.2 Å². The molecule has 0 spiro atoms. The molecule has 0 aromatic carbocycles. The van der Waals surface area contributed by atoms with Crippen molar-refractivity contribution in [3.05, 3.63) is 23.9 Å². The molecule has 1 saturated heterocycles. The van der Waals surface area contributed by atoms with E-state index in [1.807, 2.05) is 25.3 Å². The third-order valence-electron chi connectivity index (χ3n) is 3.08. The molecule has 1 aromatic heterocycles. The number of carbonyl (C=O) groups is 1. The molecule has 1 aliphatic heterocycles. The maximum Gasteiger partial charge on any atom is 0.209 e. The maximum atomic E-state index is 10.6. The summed E-state index contributed by atoms with van der Waals surface area (Å²) in [5.41, 5.74) is 6.82. The highest BCUT2D eigenvalue weighted by Gasteiger charge is 2.16. The van der Waals surface area contributed by atoms with Crippen molar-refractivity contribution in [3.8, 4) is 0 Å². The van der Waals surface area contributed by atoms with Crippen molar-refractivity contribution in [3.63, 3.8) is 0 Å². The Balaban J connectivity index is 2.01. The van der Waals surface area contributed by atoms with Gasteiger partial charge in [0.15, 0.2) is 0 Å². The van der Waals surface area contributed by atoms with E-state index >= 15 is 0 Å². The Morgan fingerprint density at radius 3 is 2.53 bits per heavy atom. The summed E-state index contributed by atoms with van der Waals surface area (Å²) in [6.45, 7) is 5.15. The van der Waals surface area contributed by atoms with Crippen LogP contribution in [0.5, 0.6) is 0 Å². The number of amides is 1. The molecule has 0 unspecified atom stereocenters. The molecule has 0 saturated carbocycles. The average molecular weight is 234 g/mol. The molecular formula is C12H18N4O. The third-order valence-corrected chi connectivity index (χ3v) is 3.08. The topological polar surface area (TPSA) is 62.5 Å². The first kappa shape index (κ1) is 11.9. The summed E-state index contributed by atoms with van der Waals surface area (Å²) in [7, 11) is 0. The molecule has 1 atom stereocenters. The predicted molar refractivity (Wildman–Crippen MR) is 66.7 cm³/mol. The fourth-order valence-electron chi connectivity index (χ4n) is 1.91. The number of carbonyl (C=O) groups excluding carboxylic acids is 1. The van der Waals surface area contributed by atoms with Gasteiger partial charge in [0.2, 0.25) is 6.41 Å². The fourth-order valence-corrected chi connectivity index (χ4v) is 1.91. The highest BCUT2D eigenvalue weighted by Crippen LogP contribution is 2.15. The van der Waals surface area contributed by atoms with Gasteiger partial charge < -0.3 is 15.5 Å². The lowest BCUT2D eigenvalue weighted by Gasteiger charge is -2.33. The predicted octanol–water partition coefficient (Wildman–Crippen LogP) is 0.380. The zero-order valence-electron chi connectivity index (χ0n) is 10.0. The summed E-state index contributed by atoms with van der Waals surface area (Å²) in [5.74, 6) is 0.958. The zero-order valence-corrected chi connectivity index (χ0v) is 10.0. The van der Waals surface area contributed by atoms with Gasteiger partial charge in [-0.1, -0.05) is 6.07 Å². The minimum Gasteiger partial charge on any atom is -0.353 e. The summed E-state index contributed by atoms with van der Waals surface area (Å²) in [5, 5.41) is 0. The van der Waals surface area contributed by atoms with E-state index in [0.717, 1.165) is 44.0 Å². The number of rotatable bonds is 3. The number of hydrogen-bond acceptors (Lipinski definition) is 4. The van der Waals surface area contributed by atoms with Gasteiger partial charge in [-0.3, -0.25) is 4.79 Å². The van der Waals surface area contributed by atoms with Gasteiger partial charge in [0.25, 0.3) is 0 Å². The summed E-state index contributed by atoms with van der Waals surface area (Å²) < 4.78 is 0. The number of pyridine rings is 1.